The molecule has 0 N–H and O–H groups in total. The summed E-state index contributed by atoms with van der Waals surface area (Å²) in [6, 6.07) is 0. The van der Waals surface area contributed by atoms with E-state index in [1.165, 1.54) is 19.3 Å². The molecule has 54 valence electrons. The first-order valence-electron chi connectivity index (χ1n) is 3.92. The standard InChI is InChI=1S/C9H19/c1-8(2)6-5-7-9(3)4/h8H,5-7H2,1-4H3/q+1. The average molecular weight is 127 g/mol. The Hall–Kier alpha value is -0.130. The monoisotopic (exact) mass is 127 g/mol. The lowest BCUT2D eigenvalue weighted by atomic mass is 10.0. The van der Waals surface area contributed by atoms with Crippen molar-refractivity contribution in [1.29, 1.82) is 0 Å². The first kappa shape index (κ1) is 8.87. The summed E-state index contributed by atoms with van der Waals surface area (Å²) in [6.07, 6.45) is 4.07. The molecule has 0 heterocycles. The molecule has 9 heavy (non-hydrogen) atoms. The Bertz CT molecular complexity index is 45.1. The van der Waals surface area contributed by atoms with E-state index in [1.54, 1.807) is 5.92 Å². The molecule has 0 aliphatic rings. The molecule has 0 heteroatoms. The van der Waals surface area contributed by atoms with Gasteiger partial charge >= 0.3 is 0 Å². The Balaban J connectivity index is 2.91. The van der Waals surface area contributed by atoms with Gasteiger partial charge in [0.05, 0.1) is 26.2 Å². The van der Waals surface area contributed by atoms with Gasteiger partial charge in [0.2, 0.25) is 0 Å². The van der Waals surface area contributed by atoms with Crippen LogP contribution in [0.25, 0.3) is 0 Å². The summed E-state index contributed by atoms with van der Waals surface area (Å²) < 4.78 is 0. The van der Waals surface area contributed by atoms with Gasteiger partial charge in [0, 0.05) is 0 Å². The number of rotatable bonds is 4. The molecule has 0 aromatic heterocycles. The summed E-state index contributed by atoms with van der Waals surface area (Å²) in [4.78, 5) is 0. The van der Waals surface area contributed by atoms with Crippen molar-refractivity contribution in [3.8, 4) is 0 Å². The minimum absolute atomic E-state index is 0.879. The molecule has 0 aromatic carbocycles. The van der Waals surface area contributed by atoms with Crippen LogP contribution in [0.4, 0.5) is 0 Å². The fourth-order valence-electron chi connectivity index (χ4n) is 0.864. The molecule has 0 aromatic rings. The van der Waals surface area contributed by atoms with Crippen molar-refractivity contribution in [1.82, 2.24) is 0 Å². The lowest BCUT2D eigenvalue weighted by Gasteiger charge is -2.00. The van der Waals surface area contributed by atoms with Crippen LogP contribution in [0.3, 0.4) is 0 Å². The molecule has 0 aliphatic carbocycles. The van der Waals surface area contributed by atoms with Crippen LogP contribution in [0.2, 0.25) is 0 Å². The SMILES string of the molecule is C[C+](C)CCCC(C)C. The molecule has 0 bridgehead atoms. The zero-order valence-corrected chi connectivity index (χ0v) is 7.20. The second-order valence-corrected chi connectivity index (χ2v) is 3.49. The van der Waals surface area contributed by atoms with Crippen molar-refractivity contribution >= 4 is 0 Å². The van der Waals surface area contributed by atoms with E-state index in [9.17, 15) is 0 Å². The summed E-state index contributed by atoms with van der Waals surface area (Å²) in [6.45, 7) is 8.98. The van der Waals surface area contributed by atoms with E-state index in [4.69, 9.17) is 0 Å². The number of hydrogen-bond acceptors (Lipinski definition) is 0. The highest BCUT2D eigenvalue weighted by Crippen LogP contribution is 2.12. The van der Waals surface area contributed by atoms with Gasteiger partial charge in [-0.2, -0.15) is 0 Å². The Morgan fingerprint density at radius 2 is 1.78 bits per heavy atom. The molecule has 0 unspecified atom stereocenters. The van der Waals surface area contributed by atoms with Crippen molar-refractivity contribution in [3.05, 3.63) is 5.92 Å². The highest BCUT2D eigenvalue weighted by atomic mass is 14.0. The van der Waals surface area contributed by atoms with Gasteiger partial charge in [-0.05, 0) is 18.8 Å². The van der Waals surface area contributed by atoms with Crippen LogP contribution in [-0.4, -0.2) is 0 Å². The van der Waals surface area contributed by atoms with Crippen LogP contribution in [0.15, 0.2) is 0 Å². The molecule has 0 aliphatic heterocycles. The van der Waals surface area contributed by atoms with Crippen molar-refractivity contribution in [2.75, 3.05) is 0 Å². The topological polar surface area (TPSA) is 0 Å². The van der Waals surface area contributed by atoms with Gasteiger partial charge in [0.15, 0.2) is 0 Å². The van der Waals surface area contributed by atoms with E-state index >= 15 is 0 Å². The van der Waals surface area contributed by atoms with Crippen LogP contribution >= 0.6 is 0 Å². The molecule has 0 saturated carbocycles. The predicted octanol–water partition coefficient (Wildman–Crippen LogP) is 3.43. The summed E-state index contributed by atoms with van der Waals surface area (Å²) in [5, 5.41) is 0. The third-order valence-corrected chi connectivity index (χ3v) is 1.46. The summed E-state index contributed by atoms with van der Waals surface area (Å²) in [7, 11) is 0. The minimum Gasteiger partial charge on any atom is -0.0628 e. The molecule has 0 rings (SSSR count). The highest BCUT2D eigenvalue weighted by Gasteiger charge is 2.03. The summed E-state index contributed by atoms with van der Waals surface area (Å²) >= 11 is 0. The Kier molecular flexibility index (Phi) is 4.65. The highest BCUT2D eigenvalue weighted by molar-refractivity contribution is 4.75. The molecule has 0 amide bonds. The van der Waals surface area contributed by atoms with Crippen LogP contribution in [0.5, 0.6) is 0 Å². The second kappa shape index (κ2) is 4.72. The van der Waals surface area contributed by atoms with Gasteiger partial charge < -0.3 is 0 Å². The van der Waals surface area contributed by atoms with E-state index in [0.29, 0.717) is 0 Å². The molecule has 0 atom stereocenters. The van der Waals surface area contributed by atoms with E-state index in [1.807, 2.05) is 0 Å². The van der Waals surface area contributed by atoms with Gasteiger partial charge in [-0.3, -0.25) is 0 Å². The van der Waals surface area contributed by atoms with Crippen LogP contribution in [0, 0.1) is 11.8 Å². The fourth-order valence-corrected chi connectivity index (χ4v) is 0.864. The van der Waals surface area contributed by atoms with E-state index in [-0.39, 0.29) is 0 Å². The minimum atomic E-state index is 0.879. The van der Waals surface area contributed by atoms with Gasteiger partial charge in [-0.1, -0.05) is 13.8 Å². The maximum absolute atomic E-state index is 2.28. The molecular weight excluding hydrogens is 108 g/mol. The van der Waals surface area contributed by atoms with Crippen LogP contribution < -0.4 is 0 Å². The quantitative estimate of drug-likeness (QED) is 0.507. The Labute approximate surface area is 59.7 Å². The lowest BCUT2D eigenvalue weighted by molar-refractivity contribution is 0.543. The first-order chi connectivity index (χ1) is 4.13. The van der Waals surface area contributed by atoms with Crippen molar-refractivity contribution in [2.45, 2.75) is 47.0 Å². The molecule has 0 nitrogen and oxygen atoms in total. The third-order valence-electron chi connectivity index (χ3n) is 1.46. The van der Waals surface area contributed by atoms with Crippen molar-refractivity contribution < 1.29 is 0 Å². The third kappa shape index (κ3) is 7.87. The van der Waals surface area contributed by atoms with Crippen molar-refractivity contribution in [2.24, 2.45) is 5.92 Å². The molecular formula is C9H19+. The second-order valence-electron chi connectivity index (χ2n) is 3.49. The predicted molar refractivity (Wildman–Crippen MR) is 43.3 cm³/mol. The summed E-state index contributed by atoms with van der Waals surface area (Å²) in [5.74, 6) is 2.44. The van der Waals surface area contributed by atoms with Crippen LogP contribution in [0.1, 0.15) is 47.0 Å². The molecule has 0 spiro atoms. The summed E-state index contributed by atoms with van der Waals surface area (Å²) in [5.41, 5.74) is 0. The first-order valence-corrected chi connectivity index (χ1v) is 3.92. The van der Waals surface area contributed by atoms with Crippen molar-refractivity contribution in [3.63, 3.8) is 0 Å². The Morgan fingerprint density at radius 3 is 2.11 bits per heavy atom. The average Bonchev–Trinajstić information content (AvgIpc) is 1.63. The Morgan fingerprint density at radius 1 is 1.22 bits per heavy atom. The zero-order chi connectivity index (χ0) is 7.28. The fraction of sp³-hybridized carbons (Fsp3) is 0.889. The molecule has 0 fully saturated rings. The van der Waals surface area contributed by atoms with Gasteiger partial charge in [0.1, 0.15) is 0 Å². The van der Waals surface area contributed by atoms with E-state index < -0.39 is 0 Å². The smallest absolute Gasteiger partial charge is 0.0628 e. The number of hydrogen-bond donors (Lipinski definition) is 0. The maximum atomic E-state index is 2.28. The van der Waals surface area contributed by atoms with Gasteiger partial charge in [0.25, 0.3) is 0 Å². The largest absolute Gasteiger partial charge is 0.0894 e. The lowest BCUT2D eigenvalue weighted by Crippen LogP contribution is -1.89. The van der Waals surface area contributed by atoms with Crippen LogP contribution in [-0.2, 0) is 0 Å². The molecule has 0 radical (unpaired) electrons. The maximum Gasteiger partial charge on any atom is 0.0894 e. The van der Waals surface area contributed by atoms with E-state index in [2.05, 4.69) is 27.7 Å². The van der Waals surface area contributed by atoms with Gasteiger partial charge in [-0.25, -0.2) is 0 Å². The molecule has 0 saturated heterocycles. The zero-order valence-electron chi connectivity index (χ0n) is 7.20. The normalized spacial score (nSPS) is 10.3. The van der Waals surface area contributed by atoms with Gasteiger partial charge in [-0.15, -0.1) is 0 Å². The van der Waals surface area contributed by atoms with E-state index in [0.717, 1.165) is 5.92 Å².